The number of anilines is 1. The zero-order chi connectivity index (χ0) is 22.7. The smallest absolute Gasteiger partial charge is 0.262 e. The van der Waals surface area contributed by atoms with Crippen LogP contribution in [0.15, 0.2) is 53.4 Å². The summed E-state index contributed by atoms with van der Waals surface area (Å²) in [5.74, 6) is 0.515. The molecule has 1 atom stereocenters. The number of fused-ring (bicyclic) bond motifs is 1. The van der Waals surface area contributed by atoms with Crippen molar-refractivity contribution in [3.8, 4) is 5.75 Å². The number of benzene rings is 2. The van der Waals surface area contributed by atoms with Crippen molar-refractivity contribution in [2.45, 2.75) is 42.8 Å². The van der Waals surface area contributed by atoms with Gasteiger partial charge in [0, 0.05) is 19.5 Å². The molecule has 0 spiro atoms. The Kier molecular flexibility index (Phi) is 6.50. The molecule has 32 heavy (non-hydrogen) atoms. The van der Waals surface area contributed by atoms with Crippen LogP contribution in [-0.4, -0.2) is 50.1 Å². The van der Waals surface area contributed by atoms with Crippen LogP contribution in [0.25, 0.3) is 0 Å². The Morgan fingerprint density at radius 3 is 2.59 bits per heavy atom. The van der Waals surface area contributed by atoms with E-state index in [0.717, 1.165) is 19.3 Å². The third kappa shape index (κ3) is 4.96. The Hall–Kier alpha value is -2.87. The number of nitrogens with one attached hydrogen (secondary N) is 1. The molecule has 2 aliphatic heterocycles. The van der Waals surface area contributed by atoms with E-state index in [9.17, 15) is 18.0 Å². The van der Waals surface area contributed by atoms with Gasteiger partial charge >= 0.3 is 0 Å². The molecule has 2 aromatic carbocycles. The van der Waals surface area contributed by atoms with E-state index in [1.54, 1.807) is 11.8 Å². The lowest BCUT2D eigenvalue weighted by molar-refractivity contribution is -0.132. The Morgan fingerprint density at radius 1 is 1.16 bits per heavy atom. The molecule has 0 aliphatic carbocycles. The van der Waals surface area contributed by atoms with Crippen LogP contribution in [0.5, 0.6) is 5.75 Å². The van der Waals surface area contributed by atoms with Crippen molar-refractivity contribution < 1.29 is 22.7 Å². The third-order valence-corrected chi connectivity index (χ3v) is 8.38. The molecule has 2 heterocycles. The van der Waals surface area contributed by atoms with Gasteiger partial charge in [0.25, 0.3) is 5.91 Å². The maximum absolute atomic E-state index is 13.0. The van der Waals surface area contributed by atoms with Gasteiger partial charge in [0.05, 0.1) is 15.8 Å². The second kappa shape index (κ2) is 9.32. The number of amides is 2. The topological polar surface area (TPSA) is 92.8 Å². The van der Waals surface area contributed by atoms with Gasteiger partial charge in [0.2, 0.25) is 5.91 Å². The lowest BCUT2D eigenvalue weighted by Gasteiger charge is -2.32. The van der Waals surface area contributed by atoms with E-state index in [1.807, 2.05) is 18.2 Å². The van der Waals surface area contributed by atoms with Crippen molar-refractivity contribution in [1.82, 2.24) is 4.90 Å². The monoisotopic (exact) mass is 456 g/mol. The minimum absolute atomic E-state index is 0.0639. The van der Waals surface area contributed by atoms with Crippen molar-refractivity contribution in [3.05, 3.63) is 54.1 Å². The number of piperidine rings is 1. The van der Waals surface area contributed by atoms with Crippen molar-refractivity contribution in [1.29, 1.82) is 0 Å². The standard InChI is InChI=1S/C24H28N2O5S/c1-17(32(29,30)20-7-8-22-21(15-20)25-23(27)16-31-22)13-24(28)26-11-9-19(10-12-26)14-18-5-3-2-4-6-18/h2-8,15,17,19H,9-14,16H2,1H3,(H,25,27). The fraction of sp³-hybridized carbons (Fsp3) is 0.417. The fourth-order valence-electron chi connectivity index (χ4n) is 4.29. The highest BCUT2D eigenvalue weighted by molar-refractivity contribution is 7.92. The molecule has 1 unspecified atom stereocenters. The maximum Gasteiger partial charge on any atom is 0.262 e. The van der Waals surface area contributed by atoms with Crippen LogP contribution in [0.1, 0.15) is 31.7 Å². The number of hydrogen-bond donors (Lipinski definition) is 1. The van der Waals surface area contributed by atoms with Crippen LogP contribution in [0.3, 0.4) is 0 Å². The van der Waals surface area contributed by atoms with Gasteiger partial charge in [0.15, 0.2) is 16.4 Å². The highest BCUT2D eigenvalue weighted by Crippen LogP contribution is 2.32. The Bertz CT molecular complexity index is 1090. The van der Waals surface area contributed by atoms with Gasteiger partial charge in [-0.1, -0.05) is 30.3 Å². The van der Waals surface area contributed by atoms with Crippen LogP contribution in [0.2, 0.25) is 0 Å². The molecule has 7 nitrogen and oxygen atoms in total. The molecule has 0 saturated carbocycles. The van der Waals surface area contributed by atoms with Crippen LogP contribution in [0, 0.1) is 5.92 Å². The van der Waals surface area contributed by atoms with Crippen LogP contribution < -0.4 is 10.1 Å². The van der Waals surface area contributed by atoms with Gasteiger partial charge < -0.3 is 15.0 Å². The molecule has 8 heteroatoms. The molecule has 1 saturated heterocycles. The van der Waals surface area contributed by atoms with E-state index in [-0.39, 0.29) is 29.7 Å². The van der Waals surface area contributed by atoms with E-state index >= 15 is 0 Å². The molecular weight excluding hydrogens is 428 g/mol. The fourth-order valence-corrected chi connectivity index (χ4v) is 5.66. The summed E-state index contributed by atoms with van der Waals surface area (Å²) in [6, 6.07) is 14.7. The van der Waals surface area contributed by atoms with Crippen molar-refractivity contribution in [2.75, 3.05) is 25.0 Å². The molecule has 170 valence electrons. The molecule has 4 rings (SSSR count). The van der Waals surface area contributed by atoms with E-state index in [2.05, 4.69) is 17.4 Å². The van der Waals surface area contributed by atoms with Gasteiger partial charge in [-0.3, -0.25) is 9.59 Å². The zero-order valence-corrected chi connectivity index (χ0v) is 18.9. The van der Waals surface area contributed by atoms with Gasteiger partial charge in [-0.25, -0.2) is 8.42 Å². The molecule has 0 radical (unpaired) electrons. The van der Waals surface area contributed by atoms with E-state index in [4.69, 9.17) is 4.74 Å². The Balaban J connectivity index is 1.34. The average molecular weight is 457 g/mol. The van der Waals surface area contributed by atoms with Crippen molar-refractivity contribution in [2.24, 2.45) is 5.92 Å². The minimum Gasteiger partial charge on any atom is -0.482 e. The highest BCUT2D eigenvalue weighted by Gasteiger charge is 2.30. The van der Waals surface area contributed by atoms with E-state index in [1.165, 1.54) is 23.8 Å². The van der Waals surface area contributed by atoms with Gasteiger partial charge in [-0.15, -0.1) is 0 Å². The predicted molar refractivity (Wildman–Crippen MR) is 121 cm³/mol. The van der Waals surface area contributed by atoms with Crippen LogP contribution in [-0.2, 0) is 25.8 Å². The van der Waals surface area contributed by atoms with E-state index in [0.29, 0.717) is 30.4 Å². The summed E-state index contributed by atoms with van der Waals surface area (Å²) in [7, 11) is -3.73. The predicted octanol–water partition coefficient (Wildman–Crippen LogP) is 3.05. The first-order valence-corrected chi connectivity index (χ1v) is 12.5. The number of rotatable bonds is 6. The number of nitrogens with zero attached hydrogens (tertiary/aromatic N) is 1. The first-order chi connectivity index (χ1) is 15.3. The molecule has 2 amide bonds. The first-order valence-electron chi connectivity index (χ1n) is 10.9. The largest absolute Gasteiger partial charge is 0.482 e. The summed E-state index contributed by atoms with van der Waals surface area (Å²) in [6.07, 6.45) is 2.79. The number of hydrogen-bond acceptors (Lipinski definition) is 5. The number of likely N-dealkylation sites (tertiary alicyclic amines) is 1. The Labute approximate surface area is 188 Å². The van der Waals surface area contributed by atoms with Crippen LogP contribution in [0.4, 0.5) is 5.69 Å². The van der Waals surface area contributed by atoms with Crippen LogP contribution >= 0.6 is 0 Å². The minimum atomic E-state index is -3.73. The van der Waals surface area contributed by atoms with Crippen molar-refractivity contribution in [3.63, 3.8) is 0 Å². The number of ether oxygens (including phenoxy) is 1. The third-order valence-electron chi connectivity index (χ3n) is 6.24. The SMILES string of the molecule is CC(CC(=O)N1CCC(Cc2ccccc2)CC1)S(=O)(=O)c1ccc2c(c1)NC(=O)CO2. The average Bonchev–Trinajstić information content (AvgIpc) is 2.79. The number of carbonyl (C=O) groups is 2. The summed E-state index contributed by atoms with van der Waals surface area (Å²) in [6.45, 7) is 2.78. The summed E-state index contributed by atoms with van der Waals surface area (Å²) >= 11 is 0. The maximum atomic E-state index is 13.0. The van der Waals surface area contributed by atoms with Gasteiger partial charge in [-0.05, 0) is 55.9 Å². The lowest BCUT2D eigenvalue weighted by atomic mass is 9.90. The molecular formula is C24H28N2O5S. The molecule has 1 fully saturated rings. The molecule has 1 N–H and O–H groups in total. The normalized spacial score (nSPS) is 17.8. The summed E-state index contributed by atoms with van der Waals surface area (Å²) in [5, 5.41) is 1.76. The van der Waals surface area contributed by atoms with Gasteiger partial charge in [-0.2, -0.15) is 0 Å². The number of sulfone groups is 1. The number of carbonyl (C=O) groups excluding carboxylic acids is 2. The van der Waals surface area contributed by atoms with Crippen molar-refractivity contribution >= 4 is 27.3 Å². The first kappa shape index (κ1) is 22.3. The molecule has 2 aliphatic rings. The molecule has 2 aromatic rings. The molecule has 0 bridgehead atoms. The second-order valence-electron chi connectivity index (χ2n) is 8.57. The van der Waals surface area contributed by atoms with E-state index < -0.39 is 15.1 Å². The zero-order valence-electron chi connectivity index (χ0n) is 18.1. The lowest BCUT2D eigenvalue weighted by Crippen LogP contribution is -2.40. The quantitative estimate of drug-likeness (QED) is 0.721. The Morgan fingerprint density at radius 2 is 1.88 bits per heavy atom. The summed E-state index contributed by atoms with van der Waals surface area (Å²) < 4.78 is 31.4. The summed E-state index contributed by atoms with van der Waals surface area (Å²) in [5.41, 5.74) is 1.64. The van der Waals surface area contributed by atoms with Gasteiger partial charge in [0.1, 0.15) is 5.75 Å². The second-order valence-corrected chi connectivity index (χ2v) is 10.9. The summed E-state index contributed by atoms with van der Waals surface area (Å²) in [4.78, 5) is 26.2. The molecule has 0 aromatic heterocycles. The highest BCUT2D eigenvalue weighted by atomic mass is 32.2.